The number of thiophene rings is 1. The highest BCUT2D eigenvalue weighted by Crippen LogP contribution is 2.29. The Balaban J connectivity index is 1.65. The van der Waals surface area contributed by atoms with Crippen LogP contribution in [0.1, 0.15) is 29.7 Å². The first-order valence-corrected chi connectivity index (χ1v) is 10.3. The van der Waals surface area contributed by atoms with Crippen LogP contribution in [0.4, 0.5) is 4.79 Å². The molecule has 3 rings (SSSR count). The third-order valence-electron chi connectivity index (χ3n) is 5.25. The van der Waals surface area contributed by atoms with Crippen LogP contribution in [0.2, 0.25) is 0 Å². The molecule has 2 aromatic rings. The molecule has 1 saturated heterocycles. The number of rotatable bonds is 7. The summed E-state index contributed by atoms with van der Waals surface area (Å²) in [7, 11) is 3.89. The van der Waals surface area contributed by atoms with Gasteiger partial charge in [-0.2, -0.15) is 11.3 Å². The van der Waals surface area contributed by atoms with Crippen LogP contribution in [-0.4, -0.2) is 54.8 Å². The maximum absolute atomic E-state index is 12.9. The third-order valence-corrected chi connectivity index (χ3v) is 5.95. The number of benzene rings is 1. The van der Waals surface area contributed by atoms with Gasteiger partial charge in [0.25, 0.3) is 5.91 Å². The molecule has 0 saturated carbocycles. The molecule has 1 aliphatic rings. The van der Waals surface area contributed by atoms with E-state index in [0.29, 0.717) is 12.1 Å². The van der Waals surface area contributed by atoms with Crippen LogP contribution in [0.5, 0.6) is 0 Å². The summed E-state index contributed by atoms with van der Waals surface area (Å²) in [4.78, 5) is 40.8. The second-order valence-electron chi connectivity index (χ2n) is 7.65. The monoisotopic (exact) mass is 414 g/mol. The van der Waals surface area contributed by atoms with Crippen molar-refractivity contribution in [3.63, 3.8) is 0 Å². The van der Waals surface area contributed by atoms with Gasteiger partial charge in [0.2, 0.25) is 5.91 Å². The molecule has 7 nitrogen and oxygen atoms in total. The molecule has 2 heterocycles. The smallest absolute Gasteiger partial charge is 0.325 e. The van der Waals surface area contributed by atoms with Gasteiger partial charge in [0.05, 0.1) is 6.04 Å². The van der Waals surface area contributed by atoms with Crippen molar-refractivity contribution in [3.8, 4) is 0 Å². The van der Waals surface area contributed by atoms with E-state index >= 15 is 0 Å². The zero-order valence-corrected chi connectivity index (χ0v) is 17.9. The van der Waals surface area contributed by atoms with Crippen LogP contribution >= 0.6 is 11.3 Å². The Morgan fingerprint density at radius 3 is 2.52 bits per heavy atom. The Bertz CT molecular complexity index is 895. The van der Waals surface area contributed by atoms with Crippen LogP contribution in [-0.2, 0) is 15.1 Å². The van der Waals surface area contributed by atoms with E-state index in [4.69, 9.17) is 0 Å². The van der Waals surface area contributed by atoms with Crippen molar-refractivity contribution in [3.05, 3.63) is 57.8 Å². The number of imide groups is 1. The van der Waals surface area contributed by atoms with Crippen LogP contribution < -0.4 is 10.6 Å². The van der Waals surface area contributed by atoms with Crippen molar-refractivity contribution in [1.29, 1.82) is 0 Å². The Labute approximate surface area is 174 Å². The average molecular weight is 415 g/mol. The van der Waals surface area contributed by atoms with E-state index in [0.717, 1.165) is 16.0 Å². The van der Waals surface area contributed by atoms with E-state index in [9.17, 15) is 14.4 Å². The first-order chi connectivity index (χ1) is 13.7. The SMILES string of the molecule is Cc1ccc(C2(C)NC(=O)N(CC(=O)NCC(c3ccsc3)N(C)C)C2=O)cc1. The summed E-state index contributed by atoms with van der Waals surface area (Å²) >= 11 is 1.60. The molecule has 0 bridgehead atoms. The lowest BCUT2D eigenvalue weighted by Crippen LogP contribution is -2.44. The predicted octanol–water partition coefficient (Wildman–Crippen LogP) is 2.24. The van der Waals surface area contributed by atoms with E-state index in [-0.39, 0.29) is 18.5 Å². The molecule has 0 aliphatic carbocycles. The van der Waals surface area contributed by atoms with E-state index in [2.05, 4.69) is 10.6 Å². The van der Waals surface area contributed by atoms with Gasteiger partial charge in [0.15, 0.2) is 0 Å². The molecule has 1 fully saturated rings. The summed E-state index contributed by atoms with van der Waals surface area (Å²) in [5.41, 5.74) is 1.69. The summed E-state index contributed by atoms with van der Waals surface area (Å²) in [5, 5.41) is 9.61. The van der Waals surface area contributed by atoms with Crippen molar-refractivity contribution in [2.24, 2.45) is 0 Å². The first-order valence-electron chi connectivity index (χ1n) is 9.39. The molecular formula is C21H26N4O3S. The first kappa shape index (κ1) is 21.0. The largest absolute Gasteiger partial charge is 0.353 e. The Hall–Kier alpha value is -2.71. The number of hydrogen-bond donors (Lipinski definition) is 2. The zero-order chi connectivity index (χ0) is 21.2. The molecule has 154 valence electrons. The number of amides is 4. The average Bonchev–Trinajstić information content (AvgIpc) is 3.26. The fourth-order valence-corrected chi connectivity index (χ4v) is 4.10. The van der Waals surface area contributed by atoms with E-state index < -0.39 is 17.5 Å². The Morgan fingerprint density at radius 2 is 1.93 bits per heavy atom. The van der Waals surface area contributed by atoms with Crippen LogP contribution in [0.25, 0.3) is 0 Å². The van der Waals surface area contributed by atoms with Crippen molar-refractivity contribution in [1.82, 2.24) is 20.4 Å². The van der Waals surface area contributed by atoms with Crippen molar-refractivity contribution in [2.45, 2.75) is 25.4 Å². The minimum atomic E-state index is -1.17. The number of carbonyl (C=O) groups excluding carboxylic acids is 3. The fraction of sp³-hybridized carbons (Fsp3) is 0.381. The second-order valence-corrected chi connectivity index (χ2v) is 8.43. The molecule has 4 amide bonds. The molecule has 2 unspecified atom stereocenters. The van der Waals surface area contributed by atoms with E-state index in [1.54, 1.807) is 18.3 Å². The molecule has 8 heteroatoms. The molecule has 0 radical (unpaired) electrons. The van der Waals surface area contributed by atoms with Gasteiger partial charge < -0.3 is 15.5 Å². The molecule has 2 atom stereocenters. The summed E-state index contributed by atoms with van der Waals surface area (Å²) in [6.45, 7) is 3.70. The Morgan fingerprint density at radius 1 is 1.24 bits per heavy atom. The number of nitrogens with zero attached hydrogens (tertiary/aromatic N) is 2. The number of likely N-dealkylation sites (N-methyl/N-ethyl adjacent to an activating group) is 1. The standard InChI is InChI=1S/C21H26N4O3S/c1-14-5-7-16(8-6-14)21(2)19(27)25(20(28)23-21)12-18(26)22-11-17(24(3)4)15-9-10-29-13-15/h5-10,13,17H,11-12H2,1-4H3,(H,22,26)(H,23,28). The molecular weight excluding hydrogens is 388 g/mol. The van der Waals surface area contributed by atoms with Gasteiger partial charge in [-0.05, 0) is 55.9 Å². The lowest BCUT2D eigenvalue weighted by molar-refractivity contribution is -0.134. The summed E-state index contributed by atoms with van der Waals surface area (Å²) in [5.74, 6) is -0.799. The number of hydrogen-bond acceptors (Lipinski definition) is 5. The highest BCUT2D eigenvalue weighted by molar-refractivity contribution is 7.08. The minimum absolute atomic E-state index is 0.0196. The van der Waals surface area contributed by atoms with Crippen molar-refractivity contribution in [2.75, 3.05) is 27.2 Å². The van der Waals surface area contributed by atoms with Gasteiger partial charge in [-0.15, -0.1) is 0 Å². The number of nitrogens with one attached hydrogen (secondary N) is 2. The lowest BCUT2D eigenvalue weighted by atomic mass is 9.91. The molecule has 0 spiro atoms. The topological polar surface area (TPSA) is 81.8 Å². The van der Waals surface area contributed by atoms with Gasteiger partial charge in [0.1, 0.15) is 12.1 Å². The molecule has 1 aromatic carbocycles. The van der Waals surface area contributed by atoms with Crippen LogP contribution in [0, 0.1) is 6.92 Å². The molecule has 1 aliphatic heterocycles. The van der Waals surface area contributed by atoms with Crippen LogP contribution in [0.3, 0.4) is 0 Å². The number of urea groups is 1. The van der Waals surface area contributed by atoms with Crippen LogP contribution in [0.15, 0.2) is 41.1 Å². The summed E-state index contributed by atoms with van der Waals surface area (Å²) in [6.07, 6.45) is 0. The van der Waals surface area contributed by atoms with Gasteiger partial charge in [-0.25, -0.2) is 4.79 Å². The zero-order valence-electron chi connectivity index (χ0n) is 17.1. The van der Waals surface area contributed by atoms with Gasteiger partial charge in [-0.1, -0.05) is 29.8 Å². The number of aryl methyl sites for hydroxylation is 1. The van der Waals surface area contributed by atoms with Crippen molar-refractivity contribution < 1.29 is 14.4 Å². The highest BCUT2D eigenvalue weighted by atomic mass is 32.1. The lowest BCUT2D eigenvalue weighted by Gasteiger charge is -2.24. The molecule has 1 aromatic heterocycles. The normalized spacial score (nSPS) is 20.1. The maximum Gasteiger partial charge on any atom is 0.325 e. The summed E-state index contributed by atoms with van der Waals surface area (Å²) in [6, 6.07) is 8.90. The van der Waals surface area contributed by atoms with Gasteiger partial charge in [-0.3, -0.25) is 14.5 Å². The minimum Gasteiger partial charge on any atom is -0.353 e. The highest BCUT2D eigenvalue weighted by Gasteiger charge is 2.49. The van der Waals surface area contributed by atoms with E-state index in [1.807, 2.05) is 67.0 Å². The summed E-state index contributed by atoms with van der Waals surface area (Å²) < 4.78 is 0. The van der Waals surface area contributed by atoms with Gasteiger partial charge in [0, 0.05) is 6.54 Å². The fourth-order valence-electron chi connectivity index (χ4n) is 3.40. The number of carbonyl (C=O) groups is 3. The Kier molecular flexibility index (Phi) is 6.04. The maximum atomic E-state index is 12.9. The predicted molar refractivity (Wildman–Crippen MR) is 113 cm³/mol. The third kappa shape index (κ3) is 4.33. The quantitative estimate of drug-likeness (QED) is 0.681. The molecule has 29 heavy (non-hydrogen) atoms. The molecule has 2 N–H and O–H groups in total. The van der Waals surface area contributed by atoms with Crippen molar-refractivity contribution >= 4 is 29.2 Å². The van der Waals surface area contributed by atoms with E-state index in [1.165, 1.54) is 0 Å². The second kappa shape index (κ2) is 8.34. The van der Waals surface area contributed by atoms with Gasteiger partial charge >= 0.3 is 6.03 Å².